The molecule has 30 heavy (non-hydrogen) atoms. The standard InChI is InChI=1S/C22H21BrFN3O3/c23-22-8-11-4-12(9-22)7-21(6-11,10-22)18(28)16-15-17(26-25-16)20(30)27(19(15)29)14-3-1-2-13(24)5-14/h1-3,5,11-12,15,17,26H,4,6-10H2. The molecular formula is C22H21BrFN3O3. The Hall–Kier alpha value is -2.09. The van der Waals surface area contributed by atoms with Crippen LogP contribution in [-0.4, -0.2) is 33.7 Å². The second-order valence-electron chi connectivity index (χ2n) is 9.79. The molecule has 8 heteroatoms. The van der Waals surface area contributed by atoms with Gasteiger partial charge in [0, 0.05) is 9.74 Å². The number of nitrogens with zero attached hydrogens (tertiary/aromatic N) is 2. The second-order valence-corrected chi connectivity index (χ2v) is 11.5. The number of carbonyl (C=O) groups excluding carboxylic acids is 3. The van der Waals surface area contributed by atoms with E-state index in [2.05, 4.69) is 26.5 Å². The van der Waals surface area contributed by atoms with Crippen LogP contribution >= 0.6 is 15.9 Å². The fraction of sp³-hybridized carbons (Fsp3) is 0.545. The number of ketones is 1. The molecule has 4 bridgehead atoms. The lowest BCUT2D eigenvalue weighted by Crippen LogP contribution is -2.57. The molecule has 2 aliphatic heterocycles. The molecule has 1 aromatic rings. The van der Waals surface area contributed by atoms with Gasteiger partial charge in [-0.15, -0.1) is 0 Å². The van der Waals surface area contributed by atoms with Gasteiger partial charge in [0.2, 0.25) is 5.91 Å². The number of alkyl halides is 1. The maximum Gasteiger partial charge on any atom is 0.259 e. The molecule has 4 aliphatic carbocycles. The number of fused-ring (bicyclic) bond motifs is 1. The van der Waals surface area contributed by atoms with Crippen molar-refractivity contribution in [2.45, 2.75) is 48.9 Å². The number of imide groups is 1. The Morgan fingerprint density at radius 3 is 2.57 bits per heavy atom. The van der Waals surface area contributed by atoms with Crippen LogP contribution in [0.15, 0.2) is 29.4 Å². The van der Waals surface area contributed by atoms with Crippen LogP contribution in [0.3, 0.4) is 0 Å². The number of anilines is 1. The number of amides is 2. The summed E-state index contributed by atoms with van der Waals surface area (Å²) >= 11 is 3.92. The lowest BCUT2D eigenvalue weighted by Gasteiger charge is -2.59. The third-order valence-corrected chi connectivity index (χ3v) is 8.62. The molecule has 156 valence electrons. The molecule has 4 saturated carbocycles. The fourth-order valence-electron chi connectivity index (χ4n) is 7.03. The average molecular weight is 474 g/mol. The molecule has 0 radical (unpaired) electrons. The number of hydrogen-bond acceptors (Lipinski definition) is 5. The molecule has 0 spiro atoms. The maximum atomic E-state index is 13.8. The van der Waals surface area contributed by atoms with Crippen LogP contribution in [0.2, 0.25) is 0 Å². The summed E-state index contributed by atoms with van der Waals surface area (Å²) in [5.41, 5.74) is 2.59. The van der Waals surface area contributed by atoms with Crippen molar-refractivity contribution in [3.8, 4) is 0 Å². The minimum atomic E-state index is -0.937. The summed E-state index contributed by atoms with van der Waals surface area (Å²) in [7, 11) is 0. The van der Waals surface area contributed by atoms with E-state index in [0.717, 1.165) is 43.1 Å². The zero-order chi connectivity index (χ0) is 20.8. The lowest BCUT2D eigenvalue weighted by molar-refractivity contribution is -0.135. The molecule has 1 N–H and O–H groups in total. The summed E-state index contributed by atoms with van der Waals surface area (Å²) in [6, 6.07) is 4.49. The number of carbonyl (C=O) groups is 3. The molecule has 6 nitrogen and oxygen atoms in total. The predicted molar refractivity (Wildman–Crippen MR) is 111 cm³/mol. The largest absolute Gasteiger partial charge is 0.296 e. The smallest absolute Gasteiger partial charge is 0.259 e. The van der Waals surface area contributed by atoms with E-state index in [-0.39, 0.29) is 21.5 Å². The number of Topliss-reactive ketones (excluding diaryl/α,β-unsaturated/α-hetero) is 1. The van der Waals surface area contributed by atoms with E-state index in [0.29, 0.717) is 11.8 Å². The lowest BCUT2D eigenvalue weighted by atomic mass is 9.48. The van der Waals surface area contributed by atoms with Crippen LogP contribution < -0.4 is 10.3 Å². The molecular weight excluding hydrogens is 453 g/mol. The predicted octanol–water partition coefficient (Wildman–Crippen LogP) is 2.95. The first kappa shape index (κ1) is 18.7. The number of benzene rings is 1. The zero-order valence-electron chi connectivity index (χ0n) is 16.2. The van der Waals surface area contributed by atoms with Gasteiger partial charge in [0.25, 0.3) is 5.91 Å². The second kappa shape index (κ2) is 5.99. The SMILES string of the molecule is O=C1C2NN=C(C(=O)C34CC5CC(CC(Br)(C5)C3)C4)C2C(=O)N1c1cccc(F)c1. The van der Waals surface area contributed by atoms with Gasteiger partial charge in [0.05, 0.1) is 5.69 Å². The highest BCUT2D eigenvalue weighted by molar-refractivity contribution is 9.10. The van der Waals surface area contributed by atoms with Gasteiger partial charge in [0.1, 0.15) is 23.5 Å². The summed E-state index contributed by atoms with van der Waals surface area (Å²) in [5, 5.41) is 4.21. The highest BCUT2D eigenvalue weighted by Gasteiger charge is 2.63. The van der Waals surface area contributed by atoms with Crippen molar-refractivity contribution in [3.63, 3.8) is 0 Å². The van der Waals surface area contributed by atoms with Gasteiger partial charge in [-0.1, -0.05) is 22.0 Å². The molecule has 1 saturated heterocycles. The Morgan fingerprint density at radius 1 is 1.17 bits per heavy atom. The number of hydrogen-bond donors (Lipinski definition) is 1. The number of nitrogens with one attached hydrogen (secondary N) is 1. The average Bonchev–Trinajstić information content (AvgIpc) is 3.19. The Kier molecular flexibility index (Phi) is 3.73. The Balaban J connectivity index is 1.33. The zero-order valence-corrected chi connectivity index (χ0v) is 17.8. The highest BCUT2D eigenvalue weighted by Crippen LogP contribution is 2.65. The Labute approximate surface area is 181 Å². The third-order valence-electron chi connectivity index (χ3n) is 7.70. The first-order chi connectivity index (χ1) is 14.3. The maximum absolute atomic E-state index is 13.8. The first-order valence-electron chi connectivity index (χ1n) is 10.5. The minimum Gasteiger partial charge on any atom is -0.296 e. The quantitative estimate of drug-likeness (QED) is 0.540. The molecule has 4 atom stereocenters. The van der Waals surface area contributed by atoms with Gasteiger partial charge in [-0.2, -0.15) is 5.10 Å². The van der Waals surface area contributed by atoms with E-state index in [1.807, 2.05) is 0 Å². The van der Waals surface area contributed by atoms with Crippen molar-refractivity contribution in [1.82, 2.24) is 5.43 Å². The van der Waals surface area contributed by atoms with Crippen molar-refractivity contribution in [2.24, 2.45) is 28.3 Å². The summed E-state index contributed by atoms with van der Waals surface area (Å²) in [6.07, 6.45) is 5.80. The summed E-state index contributed by atoms with van der Waals surface area (Å²) < 4.78 is 13.7. The molecule has 2 amide bonds. The van der Waals surface area contributed by atoms with Gasteiger partial charge in [-0.05, 0) is 68.6 Å². The number of halogens is 2. The van der Waals surface area contributed by atoms with Crippen molar-refractivity contribution in [1.29, 1.82) is 0 Å². The van der Waals surface area contributed by atoms with E-state index in [9.17, 15) is 18.8 Å². The normalized spacial score (nSPS) is 41.1. The number of hydrazone groups is 1. The molecule has 2 heterocycles. The molecule has 0 aromatic heterocycles. The van der Waals surface area contributed by atoms with Crippen LogP contribution in [0.25, 0.3) is 0 Å². The molecule has 7 rings (SSSR count). The van der Waals surface area contributed by atoms with Crippen molar-refractivity contribution in [3.05, 3.63) is 30.1 Å². The molecule has 4 unspecified atom stereocenters. The van der Waals surface area contributed by atoms with E-state index < -0.39 is 35.0 Å². The van der Waals surface area contributed by atoms with Crippen LogP contribution in [-0.2, 0) is 14.4 Å². The van der Waals surface area contributed by atoms with Crippen molar-refractivity contribution >= 4 is 44.9 Å². The third kappa shape index (κ3) is 2.46. The summed E-state index contributed by atoms with van der Waals surface area (Å²) in [4.78, 5) is 40.9. The Bertz CT molecular complexity index is 1030. The molecule has 6 aliphatic rings. The van der Waals surface area contributed by atoms with Crippen LogP contribution in [0.5, 0.6) is 0 Å². The topological polar surface area (TPSA) is 78.8 Å². The first-order valence-corrected chi connectivity index (χ1v) is 11.3. The van der Waals surface area contributed by atoms with Crippen molar-refractivity contribution < 1.29 is 18.8 Å². The van der Waals surface area contributed by atoms with E-state index in [4.69, 9.17) is 0 Å². The van der Waals surface area contributed by atoms with Gasteiger partial charge < -0.3 is 0 Å². The van der Waals surface area contributed by atoms with Crippen LogP contribution in [0.4, 0.5) is 10.1 Å². The van der Waals surface area contributed by atoms with Gasteiger partial charge >= 0.3 is 0 Å². The highest BCUT2D eigenvalue weighted by atomic mass is 79.9. The van der Waals surface area contributed by atoms with Gasteiger partial charge in [0.15, 0.2) is 5.78 Å². The number of rotatable bonds is 3. The minimum absolute atomic E-state index is 0.00183. The van der Waals surface area contributed by atoms with Crippen molar-refractivity contribution in [2.75, 3.05) is 4.90 Å². The van der Waals surface area contributed by atoms with E-state index in [1.54, 1.807) is 0 Å². The van der Waals surface area contributed by atoms with Crippen LogP contribution in [0, 0.1) is 29.0 Å². The van der Waals surface area contributed by atoms with E-state index >= 15 is 0 Å². The van der Waals surface area contributed by atoms with E-state index in [1.165, 1.54) is 24.6 Å². The summed E-state index contributed by atoms with van der Waals surface area (Å²) in [5.74, 6) is -1.51. The fourth-order valence-corrected chi connectivity index (χ4v) is 8.49. The molecule has 1 aromatic carbocycles. The van der Waals surface area contributed by atoms with Gasteiger partial charge in [-0.25, -0.2) is 9.29 Å². The van der Waals surface area contributed by atoms with Crippen LogP contribution in [0.1, 0.15) is 38.5 Å². The van der Waals surface area contributed by atoms with Gasteiger partial charge in [-0.3, -0.25) is 19.8 Å². The summed E-state index contributed by atoms with van der Waals surface area (Å²) in [6.45, 7) is 0. The monoisotopic (exact) mass is 473 g/mol. The Morgan fingerprint density at radius 2 is 1.90 bits per heavy atom. The molecule has 5 fully saturated rings.